The van der Waals surface area contributed by atoms with Crippen LogP contribution in [0.25, 0.3) is 0 Å². The van der Waals surface area contributed by atoms with Crippen molar-refractivity contribution in [2.45, 2.75) is 19.4 Å². The van der Waals surface area contributed by atoms with Crippen LogP contribution in [0, 0.1) is 5.92 Å². The Morgan fingerprint density at radius 2 is 2.40 bits per heavy atom. The summed E-state index contributed by atoms with van der Waals surface area (Å²) in [7, 11) is 0. The first-order valence-electron chi connectivity index (χ1n) is 5.17. The summed E-state index contributed by atoms with van der Waals surface area (Å²) in [5.41, 5.74) is 6.40. The summed E-state index contributed by atoms with van der Waals surface area (Å²) in [4.78, 5) is 10.1. The molecule has 0 aromatic carbocycles. The Balaban J connectivity index is 2.15. The minimum Gasteiger partial charge on any atom is -0.394 e. The van der Waals surface area contributed by atoms with E-state index in [-0.39, 0.29) is 12.0 Å². The van der Waals surface area contributed by atoms with Gasteiger partial charge in [0.25, 0.3) is 0 Å². The van der Waals surface area contributed by atoms with E-state index in [1.165, 1.54) is 6.33 Å². The predicted molar refractivity (Wildman–Crippen MR) is 58.4 cm³/mol. The molecule has 0 radical (unpaired) electrons. The summed E-state index contributed by atoms with van der Waals surface area (Å²) in [5, 5.41) is 9.62. The smallest absolute Gasteiger partial charge is 0.155 e. The van der Waals surface area contributed by atoms with Crippen molar-refractivity contribution < 1.29 is 5.11 Å². The topological polar surface area (TPSA) is 75.3 Å². The highest BCUT2D eigenvalue weighted by molar-refractivity contribution is 5.61. The summed E-state index contributed by atoms with van der Waals surface area (Å²) in [6.45, 7) is 3.63. The molecular formula is C10H16N4O. The van der Waals surface area contributed by atoms with Gasteiger partial charge < -0.3 is 15.7 Å². The van der Waals surface area contributed by atoms with Crippen LogP contribution in [0.15, 0.2) is 12.5 Å². The second-order valence-corrected chi connectivity index (χ2v) is 4.08. The largest absolute Gasteiger partial charge is 0.394 e. The lowest BCUT2D eigenvalue weighted by molar-refractivity contribution is 0.0969. The fraction of sp³-hybridized carbons (Fsp3) is 0.600. The van der Waals surface area contributed by atoms with Gasteiger partial charge in [-0.1, -0.05) is 6.92 Å². The second kappa shape index (κ2) is 4.02. The van der Waals surface area contributed by atoms with Gasteiger partial charge in [-0.25, -0.2) is 9.97 Å². The van der Waals surface area contributed by atoms with Crippen molar-refractivity contribution >= 4 is 11.5 Å². The Bertz CT molecular complexity index is 344. The number of piperidine rings is 1. The number of nitrogens with zero attached hydrogens (tertiary/aromatic N) is 3. The standard InChI is InChI=1S/C10H16N4O/c1-7-5-14(3-2-9(7)15)10-8(11)4-12-6-13-10/h4,6-7,9,15H,2-3,5,11H2,1H3. The SMILES string of the molecule is CC1CN(c2ncncc2N)CCC1O. The van der Waals surface area contributed by atoms with Crippen LogP contribution in [0.5, 0.6) is 0 Å². The molecular weight excluding hydrogens is 192 g/mol. The van der Waals surface area contributed by atoms with E-state index in [9.17, 15) is 5.11 Å². The second-order valence-electron chi connectivity index (χ2n) is 4.08. The third-order valence-electron chi connectivity index (χ3n) is 2.88. The molecule has 2 rings (SSSR count). The number of hydrogen-bond acceptors (Lipinski definition) is 5. The van der Waals surface area contributed by atoms with Gasteiger partial charge in [-0.05, 0) is 12.3 Å². The van der Waals surface area contributed by atoms with Crippen molar-refractivity contribution in [1.29, 1.82) is 0 Å². The molecule has 2 unspecified atom stereocenters. The van der Waals surface area contributed by atoms with Gasteiger partial charge >= 0.3 is 0 Å². The van der Waals surface area contributed by atoms with E-state index < -0.39 is 0 Å². The van der Waals surface area contributed by atoms with Crippen molar-refractivity contribution in [3.63, 3.8) is 0 Å². The lowest BCUT2D eigenvalue weighted by Crippen LogP contribution is -2.42. The maximum atomic E-state index is 9.62. The molecule has 3 N–H and O–H groups in total. The van der Waals surface area contributed by atoms with Crippen LogP contribution >= 0.6 is 0 Å². The first-order chi connectivity index (χ1) is 7.18. The number of aromatic nitrogens is 2. The third kappa shape index (κ3) is 2.02. The van der Waals surface area contributed by atoms with E-state index >= 15 is 0 Å². The van der Waals surface area contributed by atoms with Crippen LogP contribution in [-0.2, 0) is 0 Å². The Hall–Kier alpha value is -1.36. The van der Waals surface area contributed by atoms with Gasteiger partial charge in [-0.3, -0.25) is 0 Å². The first kappa shape index (κ1) is 10.2. The highest BCUT2D eigenvalue weighted by Crippen LogP contribution is 2.24. The van der Waals surface area contributed by atoms with Crippen LogP contribution in [0.1, 0.15) is 13.3 Å². The molecule has 1 fully saturated rings. The lowest BCUT2D eigenvalue weighted by Gasteiger charge is -2.35. The fourth-order valence-corrected chi connectivity index (χ4v) is 1.92. The zero-order valence-electron chi connectivity index (χ0n) is 8.80. The zero-order chi connectivity index (χ0) is 10.8. The summed E-state index contributed by atoms with van der Waals surface area (Å²) in [6.07, 6.45) is 3.67. The van der Waals surface area contributed by atoms with E-state index in [2.05, 4.69) is 14.9 Å². The van der Waals surface area contributed by atoms with Crippen LogP contribution in [0.3, 0.4) is 0 Å². The predicted octanol–water partition coefficient (Wildman–Crippen LogP) is 0.266. The van der Waals surface area contributed by atoms with Gasteiger partial charge in [-0.15, -0.1) is 0 Å². The van der Waals surface area contributed by atoms with E-state index in [4.69, 9.17) is 5.73 Å². The van der Waals surface area contributed by atoms with Gasteiger partial charge in [0, 0.05) is 13.1 Å². The van der Waals surface area contributed by atoms with E-state index in [0.29, 0.717) is 5.69 Å². The highest BCUT2D eigenvalue weighted by atomic mass is 16.3. The Labute approximate surface area is 88.9 Å². The lowest BCUT2D eigenvalue weighted by atomic mass is 9.97. The molecule has 5 nitrogen and oxygen atoms in total. The van der Waals surface area contributed by atoms with Gasteiger partial charge in [-0.2, -0.15) is 0 Å². The molecule has 1 saturated heterocycles. The van der Waals surface area contributed by atoms with Crippen LogP contribution in [0.2, 0.25) is 0 Å². The maximum absolute atomic E-state index is 9.62. The van der Waals surface area contributed by atoms with Gasteiger partial charge in [0.2, 0.25) is 0 Å². The maximum Gasteiger partial charge on any atom is 0.155 e. The van der Waals surface area contributed by atoms with Crippen LogP contribution in [-0.4, -0.2) is 34.3 Å². The van der Waals surface area contributed by atoms with E-state index in [1.807, 2.05) is 6.92 Å². The molecule has 1 aromatic heterocycles. The molecule has 2 heterocycles. The molecule has 1 aromatic rings. The Morgan fingerprint density at radius 1 is 1.60 bits per heavy atom. The summed E-state index contributed by atoms with van der Waals surface area (Å²) in [5.74, 6) is 1.04. The van der Waals surface area contributed by atoms with Crippen molar-refractivity contribution in [2.75, 3.05) is 23.7 Å². The van der Waals surface area contributed by atoms with Gasteiger partial charge in [0.15, 0.2) is 5.82 Å². The minimum atomic E-state index is -0.204. The molecule has 0 amide bonds. The summed E-state index contributed by atoms with van der Waals surface area (Å²) >= 11 is 0. The van der Waals surface area contributed by atoms with Crippen molar-refractivity contribution in [2.24, 2.45) is 5.92 Å². The van der Waals surface area contributed by atoms with Crippen molar-refractivity contribution in [3.8, 4) is 0 Å². The minimum absolute atomic E-state index is 0.204. The van der Waals surface area contributed by atoms with E-state index in [1.54, 1.807) is 6.20 Å². The van der Waals surface area contributed by atoms with Gasteiger partial charge in [0.05, 0.1) is 18.0 Å². The summed E-state index contributed by atoms with van der Waals surface area (Å²) in [6, 6.07) is 0. The first-order valence-corrected chi connectivity index (χ1v) is 5.17. The number of rotatable bonds is 1. The van der Waals surface area contributed by atoms with Crippen molar-refractivity contribution in [3.05, 3.63) is 12.5 Å². The number of hydrogen-bond donors (Lipinski definition) is 2. The number of aliphatic hydroxyl groups is 1. The summed E-state index contributed by atoms with van der Waals surface area (Å²) < 4.78 is 0. The van der Waals surface area contributed by atoms with Crippen molar-refractivity contribution in [1.82, 2.24) is 9.97 Å². The molecule has 15 heavy (non-hydrogen) atoms. The average Bonchev–Trinajstić information content (AvgIpc) is 2.23. The molecule has 0 bridgehead atoms. The Kier molecular flexibility index (Phi) is 2.73. The monoisotopic (exact) mass is 208 g/mol. The molecule has 82 valence electrons. The number of anilines is 2. The fourth-order valence-electron chi connectivity index (χ4n) is 1.92. The zero-order valence-corrected chi connectivity index (χ0v) is 8.80. The number of aliphatic hydroxyl groups excluding tert-OH is 1. The average molecular weight is 208 g/mol. The van der Waals surface area contributed by atoms with Crippen LogP contribution < -0.4 is 10.6 Å². The number of nitrogen functional groups attached to an aromatic ring is 1. The molecule has 0 saturated carbocycles. The third-order valence-corrected chi connectivity index (χ3v) is 2.88. The molecule has 2 atom stereocenters. The van der Waals surface area contributed by atoms with Gasteiger partial charge in [0.1, 0.15) is 6.33 Å². The quantitative estimate of drug-likeness (QED) is 0.692. The molecule has 0 spiro atoms. The highest BCUT2D eigenvalue weighted by Gasteiger charge is 2.25. The molecule has 5 heteroatoms. The Morgan fingerprint density at radius 3 is 3.07 bits per heavy atom. The van der Waals surface area contributed by atoms with Crippen LogP contribution in [0.4, 0.5) is 11.5 Å². The normalized spacial score (nSPS) is 26.7. The molecule has 0 aliphatic carbocycles. The number of nitrogens with two attached hydrogens (primary N) is 1. The molecule has 1 aliphatic heterocycles. The molecule has 1 aliphatic rings. The van der Waals surface area contributed by atoms with E-state index in [0.717, 1.165) is 25.3 Å².